The summed E-state index contributed by atoms with van der Waals surface area (Å²) in [5, 5.41) is 0. The first-order chi connectivity index (χ1) is 13.1. The van der Waals surface area contributed by atoms with Gasteiger partial charge in [-0.3, -0.25) is 0 Å². The van der Waals surface area contributed by atoms with Gasteiger partial charge in [0.2, 0.25) is 10.0 Å². The predicted molar refractivity (Wildman–Crippen MR) is 95.4 cm³/mol. The summed E-state index contributed by atoms with van der Waals surface area (Å²) in [7, 11) is -3.83. The molecule has 1 aromatic carbocycles. The molecule has 0 N–H and O–H groups in total. The molecule has 2 saturated heterocycles. The second kappa shape index (κ2) is 7.61. The van der Waals surface area contributed by atoms with Gasteiger partial charge in [-0.05, 0) is 43.2 Å². The first kappa shape index (κ1) is 18.5. The molecule has 8 heteroatoms. The predicted octanol–water partition coefficient (Wildman–Crippen LogP) is 3.50. The van der Waals surface area contributed by atoms with Crippen molar-refractivity contribution in [2.24, 2.45) is 0 Å². The van der Waals surface area contributed by atoms with Gasteiger partial charge in [-0.2, -0.15) is 4.31 Å². The summed E-state index contributed by atoms with van der Waals surface area (Å²) < 4.78 is 58.4. The van der Waals surface area contributed by atoms with Gasteiger partial charge in [0.1, 0.15) is 11.9 Å². The summed E-state index contributed by atoms with van der Waals surface area (Å²) in [6.45, 7) is 1.55. The minimum Gasteiger partial charge on any atom is -0.487 e. The minimum atomic E-state index is -3.83. The van der Waals surface area contributed by atoms with Gasteiger partial charge in [0.25, 0.3) is 0 Å². The van der Waals surface area contributed by atoms with Gasteiger partial charge in [0, 0.05) is 19.4 Å². The lowest BCUT2D eigenvalue weighted by Gasteiger charge is -2.24. The van der Waals surface area contributed by atoms with Crippen LogP contribution in [0.15, 0.2) is 45.9 Å². The van der Waals surface area contributed by atoms with Crippen molar-refractivity contribution in [2.75, 3.05) is 19.8 Å². The fourth-order valence-electron chi connectivity index (χ4n) is 3.64. The van der Waals surface area contributed by atoms with Crippen LogP contribution in [0.4, 0.5) is 4.39 Å². The molecule has 2 aliphatic rings. The summed E-state index contributed by atoms with van der Waals surface area (Å²) in [5.74, 6) is 0.0113. The molecule has 4 rings (SSSR count). The van der Waals surface area contributed by atoms with Gasteiger partial charge < -0.3 is 13.9 Å². The van der Waals surface area contributed by atoms with Crippen LogP contribution < -0.4 is 4.74 Å². The number of ether oxygens (including phenoxy) is 2. The van der Waals surface area contributed by atoms with E-state index in [0.29, 0.717) is 44.8 Å². The van der Waals surface area contributed by atoms with Crippen LogP contribution >= 0.6 is 0 Å². The molecule has 0 spiro atoms. The fourth-order valence-corrected chi connectivity index (χ4v) is 5.32. The maximum Gasteiger partial charge on any atom is 0.243 e. The smallest absolute Gasteiger partial charge is 0.243 e. The quantitative estimate of drug-likeness (QED) is 0.775. The highest BCUT2D eigenvalue weighted by Crippen LogP contribution is 2.37. The van der Waals surface area contributed by atoms with E-state index < -0.39 is 15.8 Å². The molecular weight excluding hydrogens is 373 g/mol. The van der Waals surface area contributed by atoms with E-state index in [0.717, 1.165) is 12.5 Å². The molecule has 2 aromatic rings. The summed E-state index contributed by atoms with van der Waals surface area (Å²) >= 11 is 0. The van der Waals surface area contributed by atoms with Gasteiger partial charge in [0.05, 0.1) is 30.4 Å². The zero-order valence-corrected chi connectivity index (χ0v) is 15.7. The number of nitrogens with zero attached hydrogens (tertiary/aromatic N) is 1. The molecule has 27 heavy (non-hydrogen) atoms. The van der Waals surface area contributed by atoms with E-state index in [-0.39, 0.29) is 22.8 Å². The summed E-state index contributed by atoms with van der Waals surface area (Å²) in [5.41, 5.74) is 0. The number of furan rings is 1. The second-order valence-corrected chi connectivity index (χ2v) is 8.70. The van der Waals surface area contributed by atoms with Crippen LogP contribution in [0.1, 0.15) is 37.5 Å². The lowest BCUT2D eigenvalue weighted by Crippen LogP contribution is -2.30. The highest BCUT2D eigenvalue weighted by atomic mass is 32.2. The van der Waals surface area contributed by atoms with Gasteiger partial charge in [-0.15, -0.1) is 0 Å². The van der Waals surface area contributed by atoms with Gasteiger partial charge in [0.15, 0.2) is 11.6 Å². The Bertz CT molecular complexity index is 878. The highest BCUT2D eigenvalue weighted by Gasteiger charge is 2.38. The second-order valence-electron chi connectivity index (χ2n) is 6.81. The van der Waals surface area contributed by atoms with Crippen LogP contribution in [0.2, 0.25) is 0 Å². The molecule has 1 atom stereocenters. The van der Waals surface area contributed by atoms with Gasteiger partial charge in [-0.1, -0.05) is 0 Å². The molecule has 0 saturated carbocycles. The highest BCUT2D eigenvalue weighted by molar-refractivity contribution is 7.89. The molecule has 0 radical (unpaired) electrons. The number of benzene rings is 1. The third kappa shape index (κ3) is 3.74. The normalized spacial score (nSPS) is 22.2. The number of halogens is 1. The van der Waals surface area contributed by atoms with Crippen molar-refractivity contribution in [2.45, 2.75) is 42.7 Å². The van der Waals surface area contributed by atoms with E-state index in [4.69, 9.17) is 13.9 Å². The van der Waals surface area contributed by atoms with Crippen molar-refractivity contribution < 1.29 is 26.7 Å². The first-order valence-corrected chi connectivity index (χ1v) is 10.6. The van der Waals surface area contributed by atoms with Crippen molar-refractivity contribution in [3.05, 3.63) is 48.2 Å². The Hall–Kier alpha value is -1.90. The molecular formula is C19H22FNO5S. The number of hydrogen-bond donors (Lipinski definition) is 0. The summed E-state index contributed by atoms with van der Waals surface area (Å²) in [4.78, 5) is -0.0715. The zero-order chi connectivity index (χ0) is 18.9. The molecule has 1 aromatic heterocycles. The SMILES string of the molecule is O=S(=O)(c1ccc(OC2CCOCC2)c(F)c1)N1CCC[C@H]1c1ccco1. The van der Waals surface area contributed by atoms with Crippen LogP contribution in [0.5, 0.6) is 5.75 Å². The Kier molecular flexibility index (Phi) is 5.21. The van der Waals surface area contributed by atoms with Crippen LogP contribution in [0.25, 0.3) is 0 Å². The van der Waals surface area contributed by atoms with Gasteiger partial charge in [-0.25, -0.2) is 12.8 Å². The third-order valence-electron chi connectivity index (χ3n) is 5.05. The van der Waals surface area contributed by atoms with E-state index in [9.17, 15) is 12.8 Å². The lowest BCUT2D eigenvalue weighted by molar-refractivity contribution is 0.0240. The number of rotatable bonds is 5. The van der Waals surface area contributed by atoms with Gasteiger partial charge >= 0.3 is 0 Å². The average molecular weight is 395 g/mol. The summed E-state index contributed by atoms with van der Waals surface area (Å²) in [6, 6.07) is 7.00. The largest absolute Gasteiger partial charge is 0.487 e. The van der Waals surface area contributed by atoms with Crippen molar-refractivity contribution in [1.29, 1.82) is 0 Å². The Morgan fingerprint density at radius 1 is 1.15 bits per heavy atom. The molecule has 6 nitrogen and oxygen atoms in total. The number of sulfonamides is 1. The topological polar surface area (TPSA) is 69.0 Å². The van der Waals surface area contributed by atoms with E-state index in [1.54, 1.807) is 12.1 Å². The Labute approximate surface area is 157 Å². The van der Waals surface area contributed by atoms with Crippen molar-refractivity contribution in [3.63, 3.8) is 0 Å². The summed E-state index contributed by atoms with van der Waals surface area (Å²) in [6.07, 6.45) is 4.22. The van der Waals surface area contributed by atoms with E-state index in [2.05, 4.69) is 0 Å². The fraction of sp³-hybridized carbons (Fsp3) is 0.474. The van der Waals surface area contributed by atoms with E-state index in [1.165, 1.54) is 22.7 Å². The first-order valence-electron chi connectivity index (χ1n) is 9.15. The van der Waals surface area contributed by atoms with Crippen LogP contribution in [-0.4, -0.2) is 38.6 Å². The van der Waals surface area contributed by atoms with E-state index >= 15 is 0 Å². The maximum absolute atomic E-state index is 14.5. The van der Waals surface area contributed by atoms with Crippen LogP contribution in [0, 0.1) is 5.82 Å². The monoisotopic (exact) mass is 395 g/mol. The maximum atomic E-state index is 14.5. The molecule has 2 aliphatic heterocycles. The average Bonchev–Trinajstić information content (AvgIpc) is 3.35. The molecule has 0 bridgehead atoms. The lowest BCUT2D eigenvalue weighted by atomic mass is 10.1. The Balaban J connectivity index is 1.55. The molecule has 0 unspecified atom stereocenters. The van der Waals surface area contributed by atoms with Crippen molar-refractivity contribution in [1.82, 2.24) is 4.31 Å². The van der Waals surface area contributed by atoms with Crippen molar-refractivity contribution in [3.8, 4) is 5.75 Å². The Morgan fingerprint density at radius 2 is 1.96 bits per heavy atom. The minimum absolute atomic E-state index is 0.0715. The molecule has 146 valence electrons. The Morgan fingerprint density at radius 3 is 2.67 bits per heavy atom. The molecule has 2 fully saturated rings. The van der Waals surface area contributed by atoms with Crippen LogP contribution in [0.3, 0.4) is 0 Å². The van der Waals surface area contributed by atoms with Crippen LogP contribution in [-0.2, 0) is 14.8 Å². The zero-order valence-electron chi connectivity index (χ0n) is 14.8. The van der Waals surface area contributed by atoms with E-state index in [1.807, 2.05) is 0 Å². The molecule has 0 aliphatic carbocycles. The molecule has 0 amide bonds. The van der Waals surface area contributed by atoms with Crippen molar-refractivity contribution >= 4 is 10.0 Å². The standard InChI is InChI=1S/C19H22FNO5S/c20-16-13-15(5-6-18(16)26-14-7-11-24-12-8-14)27(22,23)21-9-1-3-17(21)19-4-2-10-25-19/h2,4-6,10,13-14,17H,1,3,7-9,11-12H2/t17-/m0/s1. The number of hydrogen-bond acceptors (Lipinski definition) is 5. The third-order valence-corrected chi connectivity index (χ3v) is 6.95. The molecule has 3 heterocycles.